The topological polar surface area (TPSA) is 47.6 Å². The number of hydrogen-bond acceptors (Lipinski definition) is 4. The van der Waals surface area contributed by atoms with E-state index in [4.69, 9.17) is 9.47 Å². The zero-order valence-electron chi connectivity index (χ0n) is 14.8. The number of nitrogens with one attached hydrogen (secondary N) is 1. The largest absolute Gasteiger partial charge is 0.497 e. The van der Waals surface area contributed by atoms with Gasteiger partial charge in [-0.05, 0) is 41.6 Å². The fourth-order valence-corrected chi connectivity index (χ4v) is 3.35. The fraction of sp³-hybridized carbons (Fsp3) is 0.190. The molecule has 0 spiro atoms. The molecule has 0 fully saturated rings. The summed E-state index contributed by atoms with van der Waals surface area (Å²) in [5.74, 6) is 1.39. The molecule has 1 aromatic heterocycles. The van der Waals surface area contributed by atoms with Crippen LogP contribution in [0.1, 0.15) is 27.7 Å². The molecule has 1 amide bonds. The van der Waals surface area contributed by atoms with Crippen molar-refractivity contribution in [3.05, 3.63) is 76.0 Å². The molecular formula is C21H21NO3S. The van der Waals surface area contributed by atoms with E-state index in [-0.39, 0.29) is 5.91 Å². The minimum absolute atomic E-state index is 0.0940. The molecule has 134 valence electrons. The van der Waals surface area contributed by atoms with Crippen molar-refractivity contribution < 1.29 is 14.3 Å². The number of amides is 1. The minimum atomic E-state index is -0.0940. The molecule has 0 atom stereocenters. The van der Waals surface area contributed by atoms with Gasteiger partial charge in [-0.1, -0.05) is 31.2 Å². The normalized spacial score (nSPS) is 10.4. The third-order valence-corrected chi connectivity index (χ3v) is 4.95. The van der Waals surface area contributed by atoms with Crippen molar-refractivity contribution in [2.24, 2.45) is 0 Å². The van der Waals surface area contributed by atoms with E-state index < -0.39 is 0 Å². The molecule has 1 heterocycles. The Morgan fingerprint density at radius 3 is 2.69 bits per heavy atom. The van der Waals surface area contributed by atoms with Gasteiger partial charge in [-0.15, -0.1) is 11.3 Å². The number of anilines is 1. The molecule has 0 bridgehead atoms. The fourth-order valence-electron chi connectivity index (χ4n) is 2.56. The van der Waals surface area contributed by atoms with Crippen molar-refractivity contribution in [3.8, 4) is 11.5 Å². The predicted molar refractivity (Wildman–Crippen MR) is 105 cm³/mol. The monoisotopic (exact) mass is 367 g/mol. The van der Waals surface area contributed by atoms with Gasteiger partial charge in [0, 0.05) is 17.3 Å². The molecule has 0 saturated heterocycles. The first kappa shape index (κ1) is 18.0. The van der Waals surface area contributed by atoms with Gasteiger partial charge < -0.3 is 14.8 Å². The number of benzene rings is 2. The van der Waals surface area contributed by atoms with Crippen molar-refractivity contribution in [1.82, 2.24) is 0 Å². The molecular weight excluding hydrogens is 346 g/mol. The highest BCUT2D eigenvalue weighted by atomic mass is 32.1. The minimum Gasteiger partial charge on any atom is -0.497 e. The van der Waals surface area contributed by atoms with Gasteiger partial charge in [0.25, 0.3) is 5.91 Å². The lowest BCUT2D eigenvalue weighted by Gasteiger charge is -2.08. The van der Waals surface area contributed by atoms with Crippen LogP contribution in [0, 0.1) is 0 Å². The van der Waals surface area contributed by atoms with Crippen LogP contribution in [-0.4, -0.2) is 13.0 Å². The summed E-state index contributed by atoms with van der Waals surface area (Å²) in [6.45, 7) is 2.48. The number of hydrogen-bond donors (Lipinski definition) is 1. The van der Waals surface area contributed by atoms with Crippen LogP contribution in [0.2, 0.25) is 0 Å². The Balaban J connectivity index is 1.62. The number of ether oxygens (including phenoxy) is 2. The lowest BCUT2D eigenvalue weighted by Crippen LogP contribution is -2.11. The van der Waals surface area contributed by atoms with Crippen LogP contribution in [0.15, 0.2) is 60.0 Å². The predicted octanol–water partition coefficient (Wildman–Crippen LogP) is 5.15. The molecule has 3 rings (SSSR count). The summed E-state index contributed by atoms with van der Waals surface area (Å²) >= 11 is 1.42. The number of carbonyl (C=O) groups excluding carboxylic acids is 1. The molecule has 0 aliphatic carbocycles. The molecule has 5 heteroatoms. The first-order valence-corrected chi connectivity index (χ1v) is 9.31. The maximum absolute atomic E-state index is 12.5. The zero-order valence-corrected chi connectivity index (χ0v) is 15.6. The quantitative estimate of drug-likeness (QED) is 0.628. The van der Waals surface area contributed by atoms with E-state index in [1.165, 1.54) is 11.3 Å². The number of carbonyl (C=O) groups is 1. The van der Waals surface area contributed by atoms with Crippen LogP contribution in [0.3, 0.4) is 0 Å². The van der Waals surface area contributed by atoms with Crippen molar-refractivity contribution >= 4 is 22.9 Å². The first-order chi connectivity index (χ1) is 12.7. The van der Waals surface area contributed by atoms with Crippen molar-refractivity contribution in [2.75, 3.05) is 12.4 Å². The van der Waals surface area contributed by atoms with Crippen LogP contribution in [0.4, 0.5) is 5.69 Å². The molecule has 2 aromatic carbocycles. The maximum Gasteiger partial charge on any atom is 0.265 e. The highest BCUT2D eigenvalue weighted by Crippen LogP contribution is 2.23. The van der Waals surface area contributed by atoms with Crippen LogP contribution in [0.25, 0.3) is 0 Å². The van der Waals surface area contributed by atoms with Crippen molar-refractivity contribution in [1.29, 1.82) is 0 Å². The van der Waals surface area contributed by atoms with Crippen molar-refractivity contribution in [2.45, 2.75) is 20.0 Å². The molecule has 0 unspecified atom stereocenters. The Labute approximate surface area is 157 Å². The summed E-state index contributed by atoms with van der Waals surface area (Å²) in [6.07, 6.45) is 0.876. The van der Waals surface area contributed by atoms with Gasteiger partial charge in [0.15, 0.2) is 0 Å². The first-order valence-electron chi connectivity index (χ1n) is 8.43. The molecule has 0 aliphatic heterocycles. The lowest BCUT2D eigenvalue weighted by atomic mass is 10.1. The maximum atomic E-state index is 12.5. The van der Waals surface area contributed by atoms with Gasteiger partial charge in [-0.3, -0.25) is 4.79 Å². The second-order valence-corrected chi connectivity index (χ2v) is 6.66. The van der Waals surface area contributed by atoms with E-state index in [0.29, 0.717) is 11.5 Å². The van der Waals surface area contributed by atoms with Gasteiger partial charge in [0.2, 0.25) is 0 Å². The lowest BCUT2D eigenvalue weighted by molar-refractivity contribution is 0.103. The van der Waals surface area contributed by atoms with Gasteiger partial charge >= 0.3 is 0 Å². The van der Waals surface area contributed by atoms with Gasteiger partial charge in [-0.25, -0.2) is 0 Å². The summed E-state index contributed by atoms with van der Waals surface area (Å²) < 4.78 is 11.0. The Morgan fingerprint density at radius 1 is 1.08 bits per heavy atom. The van der Waals surface area contributed by atoms with Crippen LogP contribution in [0.5, 0.6) is 11.5 Å². The average Bonchev–Trinajstić information content (AvgIpc) is 3.16. The molecule has 0 saturated carbocycles. The van der Waals surface area contributed by atoms with Crippen LogP contribution >= 0.6 is 11.3 Å². The molecule has 0 aliphatic rings. The standard InChI is InChI=1S/C21H21NO3S/c1-3-16-7-4-5-10-19(16)22-21(23)20-11-15(14-26-20)13-25-18-9-6-8-17(12-18)24-2/h4-12,14H,3,13H2,1-2H3,(H,22,23). The second-order valence-electron chi connectivity index (χ2n) is 5.75. The number of methoxy groups -OCH3 is 1. The van der Waals surface area contributed by atoms with Crippen LogP contribution in [-0.2, 0) is 13.0 Å². The number of rotatable bonds is 7. The molecule has 1 N–H and O–H groups in total. The third-order valence-electron chi connectivity index (χ3n) is 3.97. The Kier molecular flexibility index (Phi) is 5.92. The van der Waals surface area contributed by atoms with Crippen LogP contribution < -0.4 is 14.8 Å². The summed E-state index contributed by atoms with van der Waals surface area (Å²) in [4.78, 5) is 13.2. The number of thiophene rings is 1. The van der Waals surface area contributed by atoms with E-state index in [2.05, 4.69) is 12.2 Å². The van der Waals surface area contributed by atoms with Gasteiger partial charge in [0.05, 0.1) is 12.0 Å². The van der Waals surface area contributed by atoms with E-state index in [0.717, 1.165) is 34.7 Å². The van der Waals surface area contributed by atoms with E-state index in [1.54, 1.807) is 7.11 Å². The Bertz CT molecular complexity index is 888. The number of para-hydroxylation sites is 1. The summed E-state index contributed by atoms with van der Waals surface area (Å²) in [5.41, 5.74) is 2.95. The average molecular weight is 367 g/mol. The second kappa shape index (κ2) is 8.54. The molecule has 4 nitrogen and oxygen atoms in total. The zero-order chi connectivity index (χ0) is 18.4. The Hall–Kier alpha value is -2.79. The summed E-state index contributed by atoms with van der Waals surface area (Å²) in [6, 6.07) is 17.2. The van der Waals surface area contributed by atoms with Gasteiger partial charge in [-0.2, -0.15) is 0 Å². The van der Waals surface area contributed by atoms with E-state index in [1.807, 2.05) is 60.0 Å². The third kappa shape index (κ3) is 4.43. The number of aryl methyl sites for hydroxylation is 1. The van der Waals surface area contributed by atoms with E-state index >= 15 is 0 Å². The molecule has 26 heavy (non-hydrogen) atoms. The molecule has 3 aromatic rings. The Morgan fingerprint density at radius 2 is 1.88 bits per heavy atom. The van der Waals surface area contributed by atoms with Crippen molar-refractivity contribution in [3.63, 3.8) is 0 Å². The van der Waals surface area contributed by atoms with Gasteiger partial charge in [0.1, 0.15) is 18.1 Å². The highest BCUT2D eigenvalue weighted by Gasteiger charge is 2.11. The summed E-state index contributed by atoms with van der Waals surface area (Å²) in [7, 11) is 1.62. The smallest absolute Gasteiger partial charge is 0.265 e. The SMILES string of the molecule is CCc1ccccc1NC(=O)c1cc(COc2cccc(OC)c2)cs1. The molecule has 0 radical (unpaired) electrons. The highest BCUT2D eigenvalue weighted by molar-refractivity contribution is 7.12. The summed E-state index contributed by atoms with van der Waals surface area (Å²) in [5, 5.41) is 4.94. The van der Waals surface area contributed by atoms with E-state index in [9.17, 15) is 4.79 Å².